The van der Waals surface area contributed by atoms with Gasteiger partial charge in [0.25, 0.3) is 0 Å². The molecule has 138 valence electrons. The number of aliphatic hydroxyl groups is 1. The number of carbonyl (C=O) groups excluding carboxylic acids is 1. The van der Waals surface area contributed by atoms with Gasteiger partial charge in [0.2, 0.25) is 5.95 Å². The van der Waals surface area contributed by atoms with E-state index in [4.69, 9.17) is 9.52 Å². The molecule has 2 N–H and O–H groups in total. The van der Waals surface area contributed by atoms with Crippen molar-refractivity contribution in [1.29, 1.82) is 0 Å². The molecule has 4 rings (SSSR count). The highest BCUT2D eigenvalue weighted by molar-refractivity contribution is 5.99. The minimum Gasteiger partial charge on any atom is -0.464 e. The van der Waals surface area contributed by atoms with E-state index in [9.17, 15) is 4.79 Å². The van der Waals surface area contributed by atoms with Crippen molar-refractivity contribution in [3.05, 3.63) is 40.7 Å². The fourth-order valence-electron chi connectivity index (χ4n) is 3.86. The second-order valence-electron chi connectivity index (χ2n) is 7.93. The standard InChI is InChI=1S/C19H24N4O3/c1-11-6-7-14(26-11)17-16-12(9-19(2,3)10-13(16)25)20-18-21-15(5-4-8-24)22-23(17)18/h6-7,17,24H,4-5,8-10H2,1-3H3,(H,20,21,22). The van der Waals surface area contributed by atoms with Crippen molar-refractivity contribution in [3.63, 3.8) is 0 Å². The normalized spacial score (nSPS) is 21.4. The molecule has 1 unspecified atom stereocenters. The van der Waals surface area contributed by atoms with E-state index < -0.39 is 6.04 Å². The molecule has 1 aliphatic heterocycles. The van der Waals surface area contributed by atoms with E-state index in [0.717, 1.165) is 23.5 Å². The molecule has 26 heavy (non-hydrogen) atoms. The number of hydrogen-bond donors (Lipinski definition) is 2. The Morgan fingerprint density at radius 2 is 2.19 bits per heavy atom. The number of nitrogens with zero attached hydrogens (tertiary/aromatic N) is 3. The van der Waals surface area contributed by atoms with Crippen LogP contribution in [0.1, 0.15) is 56.5 Å². The molecular formula is C19H24N4O3. The first-order valence-electron chi connectivity index (χ1n) is 9.04. The van der Waals surface area contributed by atoms with Crippen LogP contribution in [0.15, 0.2) is 27.8 Å². The first-order chi connectivity index (χ1) is 12.4. The number of rotatable bonds is 4. The predicted molar refractivity (Wildman–Crippen MR) is 95.7 cm³/mol. The van der Waals surface area contributed by atoms with Gasteiger partial charge >= 0.3 is 0 Å². The van der Waals surface area contributed by atoms with Crippen LogP contribution in [0.3, 0.4) is 0 Å². The lowest BCUT2D eigenvalue weighted by Gasteiger charge is -2.37. The van der Waals surface area contributed by atoms with E-state index in [1.165, 1.54) is 0 Å². The molecule has 1 aliphatic carbocycles. The van der Waals surface area contributed by atoms with Crippen LogP contribution in [0.25, 0.3) is 0 Å². The summed E-state index contributed by atoms with van der Waals surface area (Å²) in [6.07, 6.45) is 2.48. The summed E-state index contributed by atoms with van der Waals surface area (Å²) >= 11 is 0. The number of Topliss-reactive ketones (excluding diaryl/α,β-unsaturated/α-hetero) is 1. The van der Waals surface area contributed by atoms with E-state index in [1.54, 1.807) is 4.68 Å². The molecule has 0 radical (unpaired) electrons. The number of carbonyl (C=O) groups is 1. The van der Waals surface area contributed by atoms with Crippen LogP contribution in [0.5, 0.6) is 0 Å². The van der Waals surface area contributed by atoms with Crippen molar-refractivity contribution in [2.75, 3.05) is 11.9 Å². The van der Waals surface area contributed by atoms with E-state index in [-0.39, 0.29) is 17.8 Å². The average Bonchev–Trinajstić information content (AvgIpc) is 3.15. The van der Waals surface area contributed by atoms with Crippen LogP contribution in [0.2, 0.25) is 0 Å². The molecule has 2 aliphatic rings. The summed E-state index contributed by atoms with van der Waals surface area (Å²) < 4.78 is 7.63. The minimum absolute atomic E-state index is 0.0888. The Morgan fingerprint density at radius 3 is 2.88 bits per heavy atom. The monoisotopic (exact) mass is 356 g/mol. The number of hydrogen-bond acceptors (Lipinski definition) is 6. The Labute approximate surface area is 152 Å². The number of aliphatic hydroxyl groups excluding tert-OH is 1. The van der Waals surface area contributed by atoms with Crippen molar-refractivity contribution in [3.8, 4) is 0 Å². The van der Waals surface area contributed by atoms with Crippen LogP contribution in [-0.2, 0) is 11.2 Å². The van der Waals surface area contributed by atoms with Crippen molar-refractivity contribution < 1.29 is 14.3 Å². The summed E-state index contributed by atoms with van der Waals surface area (Å²) in [7, 11) is 0. The first-order valence-corrected chi connectivity index (χ1v) is 9.04. The Morgan fingerprint density at radius 1 is 1.38 bits per heavy atom. The van der Waals surface area contributed by atoms with Crippen molar-refractivity contribution in [2.24, 2.45) is 5.41 Å². The number of fused-ring (bicyclic) bond motifs is 1. The summed E-state index contributed by atoms with van der Waals surface area (Å²) in [5, 5.41) is 17.0. The molecule has 2 aromatic rings. The lowest BCUT2D eigenvalue weighted by atomic mass is 9.73. The number of nitrogens with one attached hydrogen (secondary N) is 1. The van der Waals surface area contributed by atoms with Gasteiger partial charge in [0, 0.05) is 30.7 Å². The maximum Gasteiger partial charge on any atom is 0.226 e. The lowest BCUT2D eigenvalue weighted by Crippen LogP contribution is -2.36. The SMILES string of the molecule is Cc1ccc(C2C3=C(CC(C)(C)CC3=O)Nc3nc(CCCO)nn32)o1. The van der Waals surface area contributed by atoms with Crippen LogP contribution < -0.4 is 5.32 Å². The molecular weight excluding hydrogens is 332 g/mol. The first kappa shape index (κ1) is 17.0. The number of aryl methyl sites for hydroxylation is 2. The Kier molecular flexibility index (Phi) is 3.99. The van der Waals surface area contributed by atoms with Crippen molar-refractivity contribution in [2.45, 2.75) is 52.5 Å². The van der Waals surface area contributed by atoms with Gasteiger partial charge in [-0.05, 0) is 37.3 Å². The van der Waals surface area contributed by atoms with Gasteiger partial charge in [-0.1, -0.05) is 13.8 Å². The predicted octanol–water partition coefficient (Wildman–Crippen LogP) is 2.76. The molecule has 0 amide bonds. The summed E-state index contributed by atoms with van der Waals surface area (Å²) in [5.74, 6) is 2.90. The van der Waals surface area contributed by atoms with Crippen molar-refractivity contribution >= 4 is 11.7 Å². The van der Waals surface area contributed by atoms with E-state index in [2.05, 4.69) is 29.2 Å². The van der Waals surface area contributed by atoms with Gasteiger partial charge in [0.1, 0.15) is 17.6 Å². The average molecular weight is 356 g/mol. The Hall–Kier alpha value is -2.41. The van der Waals surface area contributed by atoms with Crippen LogP contribution in [-0.4, -0.2) is 32.3 Å². The zero-order valence-electron chi connectivity index (χ0n) is 15.4. The Bertz CT molecular complexity index is 890. The smallest absolute Gasteiger partial charge is 0.226 e. The fourth-order valence-corrected chi connectivity index (χ4v) is 3.86. The van der Waals surface area contributed by atoms with E-state index in [1.807, 2.05) is 19.1 Å². The molecule has 0 aromatic carbocycles. The van der Waals surface area contributed by atoms with Gasteiger partial charge in [0.15, 0.2) is 11.6 Å². The highest BCUT2D eigenvalue weighted by atomic mass is 16.3. The molecule has 0 bridgehead atoms. The number of allylic oxidation sites excluding steroid dienone is 2. The highest BCUT2D eigenvalue weighted by Gasteiger charge is 2.42. The highest BCUT2D eigenvalue weighted by Crippen LogP contribution is 2.45. The topological polar surface area (TPSA) is 93.2 Å². The van der Waals surface area contributed by atoms with Gasteiger partial charge in [0.05, 0.1) is 0 Å². The summed E-state index contributed by atoms with van der Waals surface area (Å²) in [5.41, 5.74) is 1.55. The van der Waals surface area contributed by atoms with E-state index >= 15 is 0 Å². The zero-order valence-corrected chi connectivity index (χ0v) is 15.4. The molecule has 0 saturated heterocycles. The van der Waals surface area contributed by atoms with Crippen LogP contribution in [0, 0.1) is 12.3 Å². The molecule has 1 atom stereocenters. The third kappa shape index (κ3) is 2.86. The third-order valence-corrected chi connectivity index (χ3v) is 4.96. The summed E-state index contributed by atoms with van der Waals surface area (Å²) in [4.78, 5) is 17.6. The summed E-state index contributed by atoms with van der Waals surface area (Å²) in [6, 6.07) is 3.41. The number of anilines is 1. The third-order valence-electron chi connectivity index (χ3n) is 4.96. The molecule has 0 saturated carbocycles. The lowest BCUT2D eigenvalue weighted by molar-refractivity contribution is -0.118. The van der Waals surface area contributed by atoms with Crippen LogP contribution >= 0.6 is 0 Å². The second kappa shape index (κ2) is 6.09. The number of furan rings is 1. The van der Waals surface area contributed by atoms with Crippen LogP contribution in [0.4, 0.5) is 5.95 Å². The van der Waals surface area contributed by atoms with Gasteiger partial charge in [-0.25, -0.2) is 4.68 Å². The van der Waals surface area contributed by atoms with Gasteiger partial charge in [-0.15, -0.1) is 0 Å². The molecule has 7 heteroatoms. The number of ketones is 1. The van der Waals surface area contributed by atoms with Gasteiger partial charge in [-0.3, -0.25) is 4.79 Å². The van der Waals surface area contributed by atoms with Crippen molar-refractivity contribution in [1.82, 2.24) is 14.8 Å². The summed E-state index contributed by atoms with van der Waals surface area (Å²) in [6.45, 7) is 6.20. The minimum atomic E-state index is -0.395. The van der Waals surface area contributed by atoms with Gasteiger partial charge in [-0.2, -0.15) is 10.1 Å². The maximum absolute atomic E-state index is 13.0. The Balaban J connectivity index is 1.83. The molecule has 7 nitrogen and oxygen atoms in total. The van der Waals surface area contributed by atoms with Gasteiger partial charge < -0.3 is 14.8 Å². The van der Waals surface area contributed by atoms with E-state index in [0.29, 0.717) is 36.8 Å². The quantitative estimate of drug-likeness (QED) is 0.875. The molecule has 3 heterocycles. The molecule has 0 spiro atoms. The zero-order chi connectivity index (χ0) is 18.5. The number of aromatic nitrogens is 3. The second-order valence-corrected chi connectivity index (χ2v) is 7.93. The largest absolute Gasteiger partial charge is 0.464 e. The molecule has 0 fully saturated rings. The fraction of sp³-hybridized carbons (Fsp3) is 0.526. The molecule has 2 aromatic heterocycles. The maximum atomic E-state index is 13.0.